The Labute approximate surface area is 186 Å². The molecule has 1 aliphatic rings. The number of hydrogen-bond donors (Lipinski definition) is 2. The van der Waals surface area contributed by atoms with Crippen molar-refractivity contribution in [2.24, 2.45) is 0 Å². The fourth-order valence-electron chi connectivity index (χ4n) is 3.58. The first kappa shape index (κ1) is 19.9. The van der Waals surface area contributed by atoms with E-state index in [0.717, 1.165) is 26.7 Å². The average Bonchev–Trinajstić information content (AvgIpc) is 3.07. The number of anilines is 1. The Morgan fingerprint density at radius 1 is 1.26 bits per heavy atom. The average molecular weight is 456 g/mol. The van der Waals surface area contributed by atoms with Crippen LogP contribution in [0.1, 0.15) is 22.2 Å². The van der Waals surface area contributed by atoms with E-state index < -0.39 is 0 Å². The van der Waals surface area contributed by atoms with Crippen LogP contribution < -0.4 is 15.4 Å². The number of carbonyl (C=O) groups excluding carboxylic acids is 1. The molecule has 0 unspecified atom stereocenters. The first-order chi connectivity index (χ1) is 15.0. The van der Waals surface area contributed by atoms with E-state index in [1.165, 1.54) is 11.3 Å². The van der Waals surface area contributed by atoms with E-state index in [-0.39, 0.29) is 23.8 Å². The number of benzene rings is 1. The molecule has 5 rings (SSSR count). The van der Waals surface area contributed by atoms with Crippen molar-refractivity contribution < 1.29 is 14.3 Å². The van der Waals surface area contributed by atoms with Crippen molar-refractivity contribution >= 4 is 55.5 Å². The van der Waals surface area contributed by atoms with Crippen LogP contribution in [-0.4, -0.2) is 40.6 Å². The van der Waals surface area contributed by atoms with Crippen molar-refractivity contribution in [3.63, 3.8) is 0 Å². The quantitative estimate of drug-likeness (QED) is 0.441. The summed E-state index contributed by atoms with van der Waals surface area (Å²) in [7, 11) is 1.58. The first-order valence-electron chi connectivity index (χ1n) is 9.62. The second-order valence-corrected chi connectivity index (χ2v) is 8.61. The number of nitrogens with zero attached hydrogens (tertiary/aromatic N) is 3. The number of rotatable bonds is 4. The molecule has 3 aromatic heterocycles. The molecule has 1 atom stereocenters. The summed E-state index contributed by atoms with van der Waals surface area (Å²) in [5.41, 5.74) is 2.27. The molecule has 1 amide bonds. The lowest BCUT2D eigenvalue weighted by molar-refractivity contribution is 0.0949. The third-order valence-electron chi connectivity index (χ3n) is 4.96. The van der Waals surface area contributed by atoms with Crippen LogP contribution in [-0.2, 0) is 11.3 Å². The van der Waals surface area contributed by atoms with Gasteiger partial charge in [0.2, 0.25) is 17.0 Å². The highest BCUT2D eigenvalue weighted by molar-refractivity contribution is 7.21. The number of halogens is 1. The van der Waals surface area contributed by atoms with Crippen LogP contribution in [0.25, 0.3) is 21.0 Å². The molecule has 158 valence electrons. The number of methoxy groups -OCH3 is 1. The van der Waals surface area contributed by atoms with Crippen LogP contribution in [0.3, 0.4) is 0 Å². The van der Waals surface area contributed by atoms with Crippen LogP contribution in [0.15, 0.2) is 30.5 Å². The summed E-state index contributed by atoms with van der Waals surface area (Å²) < 4.78 is 12.1. The van der Waals surface area contributed by atoms with Gasteiger partial charge in [-0.25, -0.2) is 9.97 Å². The number of thiophene rings is 1. The molecular weight excluding hydrogens is 438 g/mol. The van der Waals surface area contributed by atoms with Gasteiger partial charge in [-0.15, -0.1) is 11.3 Å². The topological polar surface area (TPSA) is 98.3 Å². The third kappa shape index (κ3) is 3.65. The number of pyridine rings is 1. The van der Waals surface area contributed by atoms with Gasteiger partial charge in [0.15, 0.2) is 0 Å². The molecule has 0 spiro atoms. The monoisotopic (exact) mass is 455 g/mol. The number of carbonyl (C=O) groups is 1. The van der Waals surface area contributed by atoms with Crippen molar-refractivity contribution in [1.29, 1.82) is 0 Å². The number of hydrogen-bond acceptors (Lipinski definition) is 8. The minimum atomic E-state index is -0.0546. The molecule has 31 heavy (non-hydrogen) atoms. The molecule has 0 aliphatic carbocycles. The Balaban J connectivity index is 1.58. The van der Waals surface area contributed by atoms with Gasteiger partial charge < -0.3 is 20.1 Å². The van der Waals surface area contributed by atoms with E-state index in [2.05, 4.69) is 25.6 Å². The van der Waals surface area contributed by atoms with E-state index in [1.807, 2.05) is 25.1 Å². The van der Waals surface area contributed by atoms with E-state index in [9.17, 15) is 4.79 Å². The van der Waals surface area contributed by atoms with Crippen LogP contribution in [0.4, 0.5) is 5.69 Å². The summed E-state index contributed by atoms with van der Waals surface area (Å²) >= 11 is 7.41. The Morgan fingerprint density at radius 3 is 2.97 bits per heavy atom. The van der Waals surface area contributed by atoms with Crippen molar-refractivity contribution in [2.75, 3.05) is 19.0 Å². The fourth-order valence-corrected chi connectivity index (χ4v) is 4.80. The van der Waals surface area contributed by atoms with Gasteiger partial charge >= 0.3 is 0 Å². The fraction of sp³-hybridized carbons (Fsp3) is 0.238. The SMILES string of the molecule is COCc1cnc(Cl)nc1Oc1ccc2c(ccc3sc4c(c32)NC[C@H](C)NC4=O)n1. The highest BCUT2D eigenvalue weighted by Crippen LogP contribution is 2.41. The second-order valence-electron chi connectivity index (χ2n) is 7.22. The molecule has 10 heteroatoms. The van der Waals surface area contributed by atoms with Gasteiger partial charge in [-0.3, -0.25) is 4.79 Å². The van der Waals surface area contributed by atoms with Crippen molar-refractivity contribution in [1.82, 2.24) is 20.3 Å². The molecular formula is C21H18ClN5O3S. The zero-order valence-electron chi connectivity index (χ0n) is 16.7. The van der Waals surface area contributed by atoms with Crippen LogP contribution in [0.5, 0.6) is 11.8 Å². The zero-order valence-corrected chi connectivity index (χ0v) is 18.3. The van der Waals surface area contributed by atoms with E-state index >= 15 is 0 Å². The molecule has 1 aromatic carbocycles. The molecule has 8 nitrogen and oxygen atoms in total. The maximum atomic E-state index is 12.6. The maximum Gasteiger partial charge on any atom is 0.263 e. The van der Waals surface area contributed by atoms with E-state index in [1.54, 1.807) is 19.4 Å². The Kier molecular flexibility index (Phi) is 5.09. The Morgan fingerprint density at radius 2 is 2.13 bits per heavy atom. The molecule has 0 saturated heterocycles. The van der Waals surface area contributed by atoms with Crippen molar-refractivity contribution in [2.45, 2.75) is 19.6 Å². The lowest BCUT2D eigenvalue weighted by atomic mass is 10.1. The maximum absolute atomic E-state index is 12.6. The number of amides is 1. The van der Waals surface area contributed by atoms with E-state index in [0.29, 0.717) is 28.7 Å². The van der Waals surface area contributed by atoms with Crippen molar-refractivity contribution in [3.05, 3.63) is 46.2 Å². The lowest BCUT2D eigenvalue weighted by Crippen LogP contribution is -2.34. The number of aromatic nitrogens is 3. The predicted molar refractivity (Wildman–Crippen MR) is 120 cm³/mol. The number of ether oxygens (including phenoxy) is 2. The first-order valence-corrected chi connectivity index (χ1v) is 10.8. The zero-order chi connectivity index (χ0) is 21.5. The smallest absolute Gasteiger partial charge is 0.263 e. The predicted octanol–water partition coefficient (Wildman–Crippen LogP) is 4.38. The molecule has 0 fully saturated rings. The summed E-state index contributed by atoms with van der Waals surface area (Å²) in [6, 6.07) is 7.67. The summed E-state index contributed by atoms with van der Waals surface area (Å²) in [6.45, 7) is 2.92. The summed E-state index contributed by atoms with van der Waals surface area (Å²) in [5.74, 6) is 0.618. The molecule has 0 bridgehead atoms. The van der Waals surface area contributed by atoms with Gasteiger partial charge in [0, 0.05) is 47.4 Å². The largest absolute Gasteiger partial charge is 0.420 e. The molecule has 4 aromatic rings. The molecule has 0 radical (unpaired) electrons. The van der Waals surface area contributed by atoms with Gasteiger partial charge in [0.25, 0.3) is 5.91 Å². The van der Waals surface area contributed by atoms with Crippen LogP contribution in [0.2, 0.25) is 5.28 Å². The van der Waals surface area contributed by atoms with E-state index in [4.69, 9.17) is 21.1 Å². The third-order valence-corrected chi connectivity index (χ3v) is 6.30. The van der Waals surface area contributed by atoms with Crippen molar-refractivity contribution in [3.8, 4) is 11.8 Å². The summed E-state index contributed by atoms with van der Waals surface area (Å²) in [6.07, 6.45) is 1.57. The van der Waals surface area contributed by atoms with Gasteiger partial charge in [-0.2, -0.15) is 4.98 Å². The lowest BCUT2D eigenvalue weighted by Gasteiger charge is -2.11. The van der Waals surface area contributed by atoms with Gasteiger partial charge in [0.05, 0.1) is 23.4 Å². The second kappa shape index (κ2) is 7.92. The minimum Gasteiger partial charge on any atom is -0.420 e. The standard InChI is InChI=1S/C21H18ClN5O3S/c1-10-7-23-17-16-12-3-6-15(30-20-11(9-29-2)8-24-21(22)27-20)26-13(12)4-5-14(16)31-18(17)19(28)25-10/h3-6,8,10,23H,7,9H2,1-2H3,(H,25,28)/t10-/m0/s1. The summed E-state index contributed by atoms with van der Waals surface area (Å²) in [4.78, 5) is 26.0. The molecule has 1 aliphatic heterocycles. The van der Waals surface area contributed by atoms with Crippen LogP contribution >= 0.6 is 22.9 Å². The molecule has 2 N–H and O–H groups in total. The number of nitrogens with one attached hydrogen (secondary N) is 2. The minimum absolute atomic E-state index is 0.0521. The van der Waals surface area contributed by atoms with Gasteiger partial charge in [-0.1, -0.05) is 0 Å². The van der Waals surface area contributed by atoms with Gasteiger partial charge in [-0.05, 0) is 36.7 Å². The summed E-state index contributed by atoms with van der Waals surface area (Å²) in [5, 5.41) is 8.44. The Hall–Kier alpha value is -3.01. The number of fused-ring (bicyclic) bond motifs is 5. The molecule has 4 heterocycles. The highest BCUT2D eigenvalue weighted by Gasteiger charge is 2.24. The highest BCUT2D eigenvalue weighted by atomic mass is 35.5. The normalized spacial score (nSPS) is 16.0. The molecule has 0 saturated carbocycles. The Bertz CT molecular complexity index is 1330. The van der Waals surface area contributed by atoms with Gasteiger partial charge in [0.1, 0.15) is 4.88 Å². The van der Waals surface area contributed by atoms with Crippen LogP contribution in [0, 0.1) is 0 Å².